The lowest BCUT2D eigenvalue weighted by molar-refractivity contribution is -0.182. The molecule has 4 heteroatoms. The number of carbonyl (C=O) groups is 1. The molecule has 1 heterocycles. The number of esters is 1. The van der Waals surface area contributed by atoms with Crippen molar-refractivity contribution in [2.45, 2.75) is 62.6 Å². The maximum atomic E-state index is 12.7. The second-order valence-corrected chi connectivity index (χ2v) is 7.39. The maximum Gasteiger partial charge on any atom is 0.314 e. The van der Waals surface area contributed by atoms with Crippen LogP contribution in [0.4, 0.5) is 0 Å². The van der Waals surface area contributed by atoms with E-state index >= 15 is 0 Å². The number of hydrogen-bond donors (Lipinski definition) is 1. The van der Waals surface area contributed by atoms with E-state index in [0.717, 1.165) is 44.9 Å². The van der Waals surface area contributed by atoms with E-state index in [2.05, 4.69) is 0 Å². The van der Waals surface area contributed by atoms with E-state index in [1.807, 2.05) is 0 Å². The Bertz CT molecular complexity index is 428. The van der Waals surface area contributed by atoms with Crippen LogP contribution >= 0.6 is 0 Å². The fourth-order valence-electron chi connectivity index (χ4n) is 5.32. The van der Waals surface area contributed by atoms with Gasteiger partial charge in [-0.25, -0.2) is 0 Å². The highest BCUT2D eigenvalue weighted by atomic mass is 16.6. The first kappa shape index (κ1) is 13.1. The molecule has 4 nitrogen and oxygen atoms in total. The topological polar surface area (TPSA) is 55.8 Å². The van der Waals surface area contributed by atoms with Gasteiger partial charge in [0, 0.05) is 0 Å². The lowest BCUT2D eigenvalue weighted by Gasteiger charge is -2.43. The first-order valence-electron chi connectivity index (χ1n) is 8.02. The highest BCUT2D eigenvalue weighted by Crippen LogP contribution is 2.71. The summed E-state index contributed by atoms with van der Waals surface area (Å²) in [4.78, 5) is 12.7. The lowest BCUT2D eigenvalue weighted by Crippen LogP contribution is -2.54. The van der Waals surface area contributed by atoms with Gasteiger partial charge in [-0.1, -0.05) is 0 Å². The molecule has 0 radical (unpaired) electrons. The van der Waals surface area contributed by atoms with Gasteiger partial charge in [0.25, 0.3) is 0 Å². The third-order valence-electron chi connectivity index (χ3n) is 6.23. The summed E-state index contributed by atoms with van der Waals surface area (Å²) in [6, 6.07) is 0. The van der Waals surface area contributed by atoms with Crippen molar-refractivity contribution in [3.8, 4) is 0 Å². The number of hydrogen-bond acceptors (Lipinski definition) is 4. The van der Waals surface area contributed by atoms with Crippen molar-refractivity contribution in [2.24, 2.45) is 17.3 Å². The van der Waals surface area contributed by atoms with E-state index in [-0.39, 0.29) is 18.2 Å². The summed E-state index contributed by atoms with van der Waals surface area (Å²) >= 11 is 0. The normalized spacial score (nSPS) is 42.5. The van der Waals surface area contributed by atoms with Crippen LogP contribution < -0.4 is 0 Å². The summed E-state index contributed by atoms with van der Waals surface area (Å²) in [5.74, 6) is 0.910. The zero-order chi connectivity index (χ0) is 14.0. The second kappa shape index (κ2) is 3.98. The average molecular weight is 280 g/mol. The smallest absolute Gasteiger partial charge is 0.314 e. The molecule has 2 bridgehead atoms. The Hall–Kier alpha value is -0.610. The molecule has 0 amide bonds. The highest BCUT2D eigenvalue weighted by Gasteiger charge is 2.77. The summed E-state index contributed by atoms with van der Waals surface area (Å²) in [5, 5.41) is 9.90. The van der Waals surface area contributed by atoms with Gasteiger partial charge in [0.2, 0.25) is 0 Å². The Morgan fingerprint density at radius 1 is 1.25 bits per heavy atom. The van der Waals surface area contributed by atoms with Crippen LogP contribution in [0.2, 0.25) is 0 Å². The Morgan fingerprint density at radius 2 is 1.90 bits per heavy atom. The predicted octanol–water partition coefficient (Wildman–Crippen LogP) is 2.04. The zero-order valence-corrected chi connectivity index (χ0v) is 12.2. The number of aliphatic hydroxyl groups is 1. The molecule has 1 aliphatic heterocycles. The quantitative estimate of drug-likeness (QED) is 0.801. The van der Waals surface area contributed by atoms with Gasteiger partial charge in [-0.2, -0.15) is 0 Å². The summed E-state index contributed by atoms with van der Waals surface area (Å²) in [6.45, 7) is 0.0347. The van der Waals surface area contributed by atoms with Gasteiger partial charge in [-0.15, -0.1) is 0 Å². The van der Waals surface area contributed by atoms with Gasteiger partial charge in [0.15, 0.2) is 0 Å². The van der Waals surface area contributed by atoms with Crippen LogP contribution in [0.3, 0.4) is 0 Å². The fraction of sp³-hybridized carbons (Fsp3) is 0.938. The third-order valence-corrected chi connectivity index (χ3v) is 6.23. The van der Waals surface area contributed by atoms with E-state index in [4.69, 9.17) is 9.47 Å². The zero-order valence-electron chi connectivity index (χ0n) is 12.2. The molecular formula is C16H24O4. The van der Waals surface area contributed by atoms with E-state index in [1.165, 1.54) is 7.11 Å². The molecule has 0 spiro atoms. The monoisotopic (exact) mass is 280 g/mol. The molecule has 3 saturated carbocycles. The Labute approximate surface area is 119 Å². The molecule has 0 aromatic carbocycles. The minimum Gasteiger partial charge on any atom is -0.469 e. The van der Waals surface area contributed by atoms with Gasteiger partial charge in [-0.3, -0.25) is 4.79 Å². The van der Waals surface area contributed by atoms with Crippen molar-refractivity contribution in [2.75, 3.05) is 13.7 Å². The second-order valence-electron chi connectivity index (χ2n) is 7.39. The van der Waals surface area contributed by atoms with E-state index in [9.17, 15) is 9.90 Å². The fourth-order valence-corrected chi connectivity index (χ4v) is 5.32. The van der Waals surface area contributed by atoms with Crippen molar-refractivity contribution in [1.82, 2.24) is 0 Å². The molecule has 1 N–H and O–H groups in total. The number of rotatable bonds is 4. The van der Waals surface area contributed by atoms with Crippen molar-refractivity contribution in [1.29, 1.82) is 0 Å². The van der Waals surface area contributed by atoms with Gasteiger partial charge >= 0.3 is 5.97 Å². The van der Waals surface area contributed by atoms with Crippen LogP contribution in [0.1, 0.15) is 51.4 Å². The van der Waals surface area contributed by atoms with Crippen molar-refractivity contribution in [3.63, 3.8) is 0 Å². The molecule has 4 rings (SSSR count). The van der Waals surface area contributed by atoms with Crippen LogP contribution in [-0.2, 0) is 14.3 Å². The van der Waals surface area contributed by atoms with E-state index < -0.39 is 11.0 Å². The molecule has 0 aromatic heterocycles. The average Bonchev–Trinajstić information content (AvgIpc) is 3.36. The molecule has 3 aliphatic carbocycles. The molecule has 2 atom stereocenters. The summed E-state index contributed by atoms with van der Waals surface area (Å²) < 4.78 is 11.8. The van der Waals surface area contributed by atoms with Crippen LogP contribution in [0.15, 0.2) is 0 Å². The maximum absolute atomic E-state index is 12.7. The first-order valence-corrected chi connectivity index (χ1v) is 8.02. The lowest BCUT2D eigenvalue weighted by atomic mass is 9.59. The largest absolute Gasteiger partial charge is 0.469 e. The molecule has 4 aliphatic rings. The molecule has 20 heavy (non-hydrogen) atoms. The Balaban J connectivity index is 1.84. The number of aliphatic hydroxyl groups excluding tert-OH is 1. The SMILES string of the molecule is COC(=O)[C@@]12CCCC(CO)(C1)OC2(C1CC1)C1CC1. The van der Waals surface area contributed by atoms with Crippen molar-refractivity contribution in [3.05, 3.63) is 0 Å². The van der Waals surface area contributed by atoms with Gasteiger partial charge in [-0.05, 0) is 63.2 Å². The Morgan fingerprint density at radius 3 is 2.40 bits per heavy atom. The highest BCUT2D eigenvalue weighted by molar-refractivity contribution is 5.80. The van der Waals surface area contributed by atoms with E-state index in [1.54, 1.807) is 0 Å². The Kier molecular flexibility index (Phi) is 2.60. The van der Waals surface area contributed by atoms with Crippen molar-refractivity contribution < 1.29 is 19.4 Å². The van der Waals surface area contributed by atoms with Gasteiger partial charge in [0.1, 0.15) is 5.41 Å². The van der Waals surface area contributed by atoms with Crippen molar-refractivity contribution >= 4 is 5.97 Å². The van der Waals surface area contributed by atoms with Gasteiger partial charge in [0.05, 0.1) is 24.9 Å². The minimum atomic E-state index is -0.495. The molecular weight excluding hydrogens is 256 g/mol. The molecule has 4 fully saturated rings. The molecule has 0 aromatic rings. The number of methoxy groups -OCH3 is 1. The standard InChI is InChI=1S/C16H24O4/c1-19-13(18)15-8-2-7-14(9-15,10-17)20-16(15,11-3-4-11)12-5-6-12/h11-12,17H,2-10H2,1H3/t14?,15-/m1/s1. The third kappa shape index (κ3) is 1.42. The van der Waals surface area contributed by atoms with E-state index in [0.29, 0.717) is 18.3 Å². The van der Waals surface area contributed by atoms with Crippen LogP contribution in [-0.4, -0.2) is 36.0 Å². The summed E-state index contributed by atoms with van der Waals surface area (Å²) in [5.41, 5.74) is -1.32. The predicted molar refractivity (Wildman–Crippen MR) is 72.0 cm³/mol. The molecule has 1 unspecified atom stereocenters. The number of fused-ring (bicyclic) bond motifs is 2. The number of carbonyl (C=O) groups excluding carboxylic acids is 1. The van der Waals surface area contributed by atoms with Crippen LogP contribution in [0.5, 0.6) is 0 Å². The first-order chi connectivity index (χ1) is 9.62. The summed E-state index contributed by atoms with van der Waals surface area (Å²) in [6.07, 6.45) is 8.02. The van der Waals surface area contributed by atoms with Crippen LogP contribution in [0.25, 0.3) is 0 Å². The summed E-state index contributed by atoms with van der Waals surface area (Å²) in [7, 11) is 1.50. The molecule has 112 valence electrons. The van der Waals surface area contributed by atoms with Crippen LogP contribution in [0, 0.1) is 17.3 Å². The number of ether oxygens (including phenoxy) is 2. The minimum absolute atomic E-state index is 0.0347. The molecule has 1 saturated heterocycles. The van der Waals surface area contributed by atoms with Gasteiger partial charge < -0.3 is 14.6 Å².